The van der Waals surface area contributed by atoms with Crippen LogP contribution in [0.25, 0.3) is 0 Å². The van der Waals surface area contributed by atoms with Gasteiger partial charge in [0.2, 0.25) is 5.91 Å². The summed E-state index contributed by atoms with van der Waals surface area (Å²) in [4.78, 5) is 18.4. The highest BCUT2D eigenvalue weighted by atomic mass is 16.2. The second kappa shape index (κ2) is 6.39. The molecule has 1 aromatic rings. The van der Waals surface area contributed by atoms with Crippen LogP contribution < -0.4 is 0 Å². The zero-order valence-corrected chi connectivity index (χ0v) is 14.0. The number of aryl methyl sites for hydroxylation is 1. The first-order chi connectivity index (χ1) is 10.5. The van der Waals surface area contributed by atoms with Gasteiger partial charge in [0.25, 0.3) is 0 Å². The molecule has 0 aliphatic carbocycles. The van der Waals surface area contributed by atoms with Gasteiger partial charge < -0.3 is 4.90 Å². The summed E-state index contributed by atoms with van der Waals surface area (Å²) in [5, 5.41) is 0. The summed E-state index contributed by atoms with van der Waals surface area (Å²) in [6.45, 7) is 8.27. The number of likely N-dealkylation sites (N-methyl/N-ethyl adjacent to an activating group) is 1. The van der Waals surface area contributed by atoms with Gasteiger partial charge in [0.1, 0.15) is 0 Å². The Morgan fingerprint density at radius 2 is 1.59 bits per heavy atom. The number of nitrogens with zero attached hydrogens (tertiary/aromatic N) is 3. The van der Waals surface area contributed by atoms with E-state index in [-0.39, 0.29) is 5.91 Å². The molecule has 1 aromatic carbocycles. The third-order valence-electron chi connectivity index (χ3n) is 5.02. The van der Waals surface area contributed by atoms with Crippen LogP contribution in [0.5, 0.6) is 0 Å². The van der Waals surface area contributed by atoms with Gasteiger partial charge in [-0.15, -0.1) is 0 Å². The number of carbonyl (C=O) groups excluding carboxylic acids is 1. The molecule has 3 rings (SSSR count). The highest BCUT2D eigenvalue weighted by Gasteiger charge is 2.40. The molecule has 2 aliphatic rings. The van der Waals surface area contributed by atoms with Crippen LogP contribution in [0.15, 0.2) is 24.3 Å². The van der Waals surface area contributed by atoms with Crippen molar-refractivity contribution in [1.82, 2.24) is 14.7 Å². The lowest BCUT2D eigenvalue weighted by molar-refractivity contribution is -0.129. The second-order valence-corrected chi connectivity index (χ2v) is 7.18. The lowest BCUT2D eigenvalue weighted by Crippen LogP contribution is -2.37. The van der Waals surface area contributed by atoms with Gasteiger partial charge in [-0.2, -0.15) is 0 Å². The summed E-state index contributed by atoms with van der Waals surface area (Å²) in [6.07, 6.45) is 0. The zero-order chi connectivity index (χ0) is 15.7. The van der Waals surface area contributed by atoms with Crippen molar-refractivity contribution in [2.45, 2.75) is 13.5 Å². The molecule has 0 radical (unpaired) electrons. The number of hydrogen-bond donors (Lipinski definition) is 0. The molecule has 0 N–H and O–H groups in total. The number of benzene rings is 1. The van der Waals surface area contributed by atoms with E-state index in [1.807, 2.05) is 14.1 Å². The monoisotopic (exact) mass is 301 g/mol. The predicted molar refractivity (Wildman–Crippen MR) is 88.6 cm³/mol. The van der Waals surface area contributed by atoms with Gasteiger partial charge >= 0.3 is 0 Å². The van der Waals surface area contributed by atoms with Crippen molar-refractivity contribution in [3.05, 3.63) is 35.4 Å². The Morgan fingerprint density at radius 3 is 2.14 bits per heavy atom. The molecule has 1 amide bonds. The fourth-order valence-electron chi connectivity index (χ4n) is 3.73. The molecule has 0 unspecified atom stereocenters. The minimum Gasteiger partial charge on any atom is -0.348 e. The van der Waals surface area contributed by atoms with E-state index >= 15 is 0 Å². The summed E-state index contributed by atoms with van der Waals surface area (Å²) < 4.78 is 0. The summed E-state index contributed by atoms with van der Waals surface area (Å²) in [7, 11) is 3.67. The van der Waals surface area contributed by atoms with E-state index in [4.69, 9.17) is 0 Å². The van der Waals surface area contributed by atoms with E-state index in [1.165, 1.54) is 24.2 Å². The average Bonchev–Trinajstić information content (AvgIpc) is 2.99. The average molecular weight is 301 g/mol. The smallest absolute Gasteiger partial charge is 0.236 e. The van der Waals surface area contributed by atoms with E-state index in [9.17, 15) is 4.79 Å². The molecular formula is C18H27N3O. The maximum absolute atomic E-state index is 11.8. The van der Waals surface area contributed by atoms with Crippen LogP contribution in [0.2, 0.25) is 0 Å². The van der Waals surface area contributed by atoms with Gasteiger partial charge in [0, 0.05) is 46.8 Å². The second-order valence-electron chi connectivity index (χ2n) is 7.18. The van der Waals surface area contributed by atoms with Crippen molar-refractivity contribution < 1.29 is 4.79 Å². The minimum atomic E-state index is 0.219. The Kier molecular flexibility index (Phi) is 4.50. The molecular weight excluding hydrogens is 274 g/mol. The van der Waals surface area contributed by atoms with Crippen molar-refractivity contribution in [1.29, 1.82) is 0 Å². The maximum atomic E-state index is 11.8. The first-order valence-corrected chi connectivity index (χ1v) is 8.21. The van der Waals surface area contributed by atoms with Crippen LogP contribution in [-0.2, 0) is 11.3 Å². The molecule has 120 valence electrons. The van der Waals surface area contributed by atoms with E-state index < -0.39 is 0 Å². The molecule has 4 nitrogen and oxygen atoms in total. The molecule has 0 spiro atoms. The van der Waals surface area contributed by atoms with Crippen molar-refractivity contribution >= 4 is 5.91 Å². The SMILES string of the molecule is Cc1ccc(CN2C[C@H]3CN(CC(=O)N(C)C)C[C@H]3C2)cc1. The fourth-order valence-corrected chi connectivity index (χ4v) is 3.73. The number of fused-ring (bicyclic) bond motifs is 1. The third kappa shape index (κ3) is 3.50. The van der Waals surface area contributed by atoms with E-state index in [0.29, 0.717) is 6.54 Å². The number of rotatable bonds is 4. The Balaban J connectivity index is 1.49. The molecule has 4 heteroatoms. The third-order valence-corrected chi connectivity index (χ3v) is 5.02. The van der Waals surface area contributed by atoms with Crippen molar-refractivity contribution in [3.8, 4) is 0 Å². The molecule has 2 aliphatic heterocycles. The fraction of sp³-hybridized carbons (Fsp3) is 0.611. The molecule has 2 heterocycles. The van der Waals surface area contributed by atoms with Gasteiger partial charge in [-0.05, 0) is 24.3 Å². The Hall–Kier alpha value is -1.39. The summed E-state index contributed by atoms with van der Waals surface area (Å²) in [5.41, 5.74) is 2.73. The Bertz CT molecular complexity index is 512. The molecule has 22 heavy (non-hydrogen) atoms. The topological polar surface area (TPSA) is 26.8 Å². The van der Waals surface area contributed by atoms with Crippen molar-refractivity contribution in [3.63, 3.8) is 0 Å². The van der Waals surface area contributed by atoms with Crippen LogP contribution in [0, 0.1) is 18.8 Å². The van der Waals surface area contributed by atoms with Gasteiger partial charge in [-0.1, -0.05) is 29.8 Å². The Labute approximate surface area is 133 Å². The number of carbonyl (C=O) groups is 1. The van der Waals surface area contributed by atoms with Gasteiger partial charge in [0.05, 0.1) is 6.54 Å². The summed E-state index contributed by atoms with van der Waals surface area (Å²) in [6, 6.07) is 8.87. The van der Waals surface area contributed by atoms with E-state index in [0.717, 1.165) is 31.5 Å². The molecule has 2 saturated heterocycles. The number of hydrogen-bond acceptors (Lipinski definition) is 3. The lowest BCUT2D eigenvalue weighted by Gasteiger charge is -2.22. The quantitative estimate of drug-likeness (QED) is 0.842. The molecule has 0 aromatic heterocycles. The largest absolute Gasteiger partial charge is 0.348 e. The van der Waals surface area contributed by atoms with Crippen molar-refractivity contribution in [2.24, 2.45) is 11.8 Å². The predicted octanol–water partition coefficient (Wildman–Crippen LogP) is 1.45. The molecule has 2 fully saturated rings. The normalized spacial score (nSPS) is 25.4. The van der Waals surface area contributed by atoms with Crippen molar-refractivity contribution in [2.75, 3.05) is 46.8 Å². The van der Waals surface area contributed by atoms with Crippen LogP contribution in [0.1, 0.15) is 11.1 Å². The molecule has 2 atom stereocenters. The highest BCUT2D eigenvalue weighted by Crippen LogP contribution is 2.31. The maximum Gasteiger partial charge on any atom is 0.236 e. The van der Waals surface area contributed by atoms with Crippen LogP contribution >= 0.6 is 0 Å². The van der Waals surface area contributed by atoms with Gasteiger partial charge in [-0.25, -0.2) is 0 Å². The van der Waals surface area contributed by atoms with Crippen LogP contribution in [0.3, 0.4) is 0 Å². The van der Waals surface area contributed by atoms with Crippen LogP contribution in [0.4, 0.5) is 0 Å². The first-order valence-electron chi connectivity index (χ1n) is 8.21. The first kappa shape index (κ1) is 15.5. The highest BCUT2D eigenvalue weighted by molar-refractivity contribution is 5.77. The Morgan fingerprint density at radius 1 is 1.05 bits per heavy atom. The zero-order valence-electron chi connectivity index (χ0n) is 14.0. The minimum absolute atomic E-state index is 0.219. The van der Waals surface area contributed by atoms with Crippen LogP contribution in [-0.4, -0.2) is 67.4 Å². The summed E-state index contributed by atoms with van der Waals surface area (Å²) in [5.74, 6) is 1.69. The number of likely N-dealkylation sites (tertiary alicyclic amines) is 2. The van der Waals surface area contributed by atoms with Gasteiger partial charge in [-0.3, -0.25) is 14.6 Å². The standard InChI is InChI=1S/C18H27N3O/c1-14-4-6-15(7-5-14)8-20-9-16-11-21(12-17(16)10-20)13-18(22)19(2)3/h4-7,16-17H,8-13H2,1-3H3/t16-,17+. The number of amides is 1. The van der Waals surface area contributed by atoms with E-state index in [1.54, 1.807) is 4.90 Å². The molecule has 0 saturated carbocycles. The molecule has 0 bridgehead atoms. The van der Waals surface area contributed by atoms with E-state index in [2.05, 4.69) is 41.0 Å². The summed E-state index contributed by atoms with van der Waals surface area (Å²) >= 11 is 0. The van der Waals surface area contributed by atoms with Gasteiger partial charge in [0.15, 0.2) is 0 Å². The lowest BCUT2D eigenvalue weighted by atomic mass is 10.0.